The smallest absolute Gasteiger partial charge is 0.256 e. The van der Waals surface area contributed by atoms with Crippen LogP contribution in [-0.4, -0.2) is 38.9 Å². The van der Waals surface area contributed by atoms with Crippen molar-refractivity contribution < 1.29 is 23.8 Å². The van der Waals surface area contributed by atoms with Crippen LogP contribution in [0.15, 0.2) is 71.6 Å². The molecule has 3 rings (SSSR count). The van der Waals surface area contributed by atoms with Crippen LogP contribution in [0.2, 0.25) is 0 Å². The van der Waals surface area contributed by atoms with Crippen molar-refractivity contribution in [1.82, 2.24) is 0 Å². The normalized spacial score (nSPS) is 10.2. The first kappa shape index (κ1) is 23.0. The van der Waals surface area contributed by atoms with Crippen molar-refractivity contribution in [1.29, 1.82) is 0 Å². The fourth-order valence-corrected chi connectivity index (χ4v) is 3.77. The van der Waals surface area contributed by atoms with Crippen molar-refractivity contribution in [2.45, 2.75) is 4.90 Å². The van der Waals surface area contributed by atoms with E-state index in [-0.39, 0.29) is 17.6 Å². The average Bonchev–Trinajstić information content (AvgIpc) is 2.82. The summed E-state index contributed by atoms with van der Waals surface area (Å²) in [6, 6.07) is 19.4. The zero-order valence-corrected chi connectivity index (χ0v) is 18.8. The Balaban J connectivity index is 1.69. The Labute approximate surface area is 191 Å². The number of carbonyl (C=O) groups excluding carboxylic acids is 2. The Morgan fingerprint density at radius 1 is 0.812 bits per heavy atom. The molecule has 2 N–H and O–H groups in total. The van der Waals surface area contributed by atoms with Gasteiger partial charge in [0.15, 0.2) is 0 Å². The van der Waals surface area contributed by atoms with Crippen molar-refractivity contribution in [2.24, 2.45) is 0 Å². The summed E-state index contributed by atoms with van der Waals surface area (Å²) in [5.74, 6) is 1.41. The van der Waals surface area contributed by atoms with Crippen LogP contribution in [0, 0.1) is 0 Å². The minimum atomic E-state index is -0.312. The Bertz CT molecular complexity index is 1100. The maximum absolute atomic E-state index is 13.0. The van der Waals surface area contributed by atoms with Gasteiger partial charge in [-0.1, -0.05) is 18.2 Å². The molecule has 0 aliphatic rings. The lowest BCUT2D eigenvalue weighted by atomic mass is 10.2. The van der Waals surface area contributed by atoms with Crippen LogP contribution in [0.3, 0.4) is 0 Å². The molecule has 0 aromatic heterocycles. The van der Waals surface area contributed by atoms with Gasteiger partial charge >= 0.3 is 0 Å². The first-order valence-corrected chi connectivity index (χ1v) is 10.7. The highest BCUT2D eigenvalue weighted by molar-refractivity contribution is 8.00. The van der Waals surface area contributed by atoms with E-state index in [9.17, 15) is 9.59 Å². The number of amides is 2. The summed E-state index contributed by atoms with van der Waals surface area (Å²) in [4.78, 5) is 26.1. The van der Waals surface area contributed by atoms with Crippen molar-refractivity contribution >= 4 is 35.0 Å². The van der Waals surface area contributed by atoms with E-state index >= 15 is 0 Å². The second-order valence-corrected chi connectivity index (χ2v) is 7.60. The molecule has 0 radical (unpaired) electrons. The highest BCUT2D eigenvalue weighted by Gasteiger charge is 2.15. The van der Waals surface area contributed by atoms with Gasteiger partial charge in [0.05, 0.1) is 38.3 Å². The molecule has 0 aliphatic carbocycles. The Morgan fingerprint density at radius 3 is 2.31 bits per heavy atom. The summed E-state index contributed by atoms with van der Waals surface area (Å²) in [5, 5.41) is 5.69. The number of carbonyl (C=O) groups is 2. The van der Waals surface area contributed by atoms with Gasteiger partial charge in [-0.05, 0) is 36.4 Å². The van der Waals surface area contributed by atoms with Gasteiger partial charge in [-0.3, -0.25) is 9.59 Å². The van der Waals surface area contributed by atoms with E-state index in [1.54, 1.807) is 74.9 Å². The molecule has 0 unspecified atom stereocenters. The third-order valence-corrected chi connectivity index (χ3v) is 5.57. The number of anilines is 2. The highest BCUT2D eigenvalue weighted by Crippen LogP contribution is 2.30. The number of methoxy groups -OCH3 is 3. The van der Waals surface area contributed by atoms with E-state index in [1.165, 1.54) is 18.9 Å². The molecule has 0 saturated heterocycles. The first-order valence-electron chi connectivity index (χ1n) is 9.73. The van der Waals surface area contributed by atoms with Crippen LogP contribution in [0.5, 0.6) is 17.2 Å². The number of rotatable bonds is 9. The average molecular weight is 453 g/mol. The maximum atomic E-state index is 13.0. The molecule has 0 saturated carbocycles. The van der Waals surface area contributed by atoms with E-state index in [0.29, 0.717) is 39.1 Å². The number of benzene rings is 3. The van der Waals surface area contributed by atoms with Crippen LogP contribution < -0.4 is 24.8 Å². The van der Waals surface area contributed by atoms with Gasteiger partial charge in [0.25, 0.3) is 5.91 Å². The summed E-state index contributed by atoms with van der Waals surface area (Å²) in [7, 11) is 4.65. The largest absolute Gasteiger partial charge is 0.497 e. The molecular formula is C24H24N2O5S. The molecule has 8 heteroatoms. The fourth-order valence-electron chi connectivity index (χ4n) is 2.92. The topological polar surface area (TPSA) is 85.9 Å². The first-order chi connectivity index (χ1) is 15.5. The lowest BCUT2D eigenvalue weighted by molar-refractivity contribution is -0.113. The Kier molecular flexibility index (Phi) is 7.99. The molecule has 0 heterocycles. The zero-order chi connectivity index (χ0) is 22.9. The molecule has 2 amide bonds. The van der Waals surface area contributed by atoms with Gasteiger partial charge in [0, 0.05) is 22.7 Å². The number of ether oxygens (including phenoxy) is 3. The summed E-state index contributed by atoms with van der Waals surface area (Å²) in [5.41, 5.74) is 1.59. The molecular weight excluding hydrogens is 428 g/mol. The summed E-state index contributed by atoms with van der Waals surface area (Å²) in [6.45, 7) is 0. The second-order valence-electron chi connectivity index (χ2n) is 6.59. The van der Waals surface area contributed by atoms with E-state index in [4.69, 9.17) is 14.2 Å². The van der Waals surface area contributed by atoms with E-state index in [2.05, 4.69) is 10.6 Å². The molecule has 0 fully saturated rings. The molecule has 32 heavy (non-hydrogen) atoms. The lowest BCUT2D eigenvalue weighted by Crippen LogP contribution is -2.16. The number of nitrogens with one attached hydrogen (secondary N) is 2. The summed E-state index contributed by atoms with van der Waals surface area (Å²) >= 11 is 1.28. The summed E-state index contributed by atoms with van der Waals surface area (Å²) < 4.78 is 15.7. The van der Waals surface area contributed by atoms with Crippen LogP contribution in [-0.2, 0) is 4.79 Å². The van der Waals surface area contributed by atoms with E-state index in [1.807, 2.05) is 6.07 Å². The molecule has 7 nitrogen and oxygen atoms in total. The van der Waals surface area contributed by atoms with Crippen LogP contribution in [0.25, 0.3) is 0 Å². The predicted octanol–water partition coefficient (Wildman–Crippen LogP) is 4.70. The molecule has 166 valence electrons. The van der Waals surface area contributed by atoms with Crippen LogP contribution >= 0.6 is 11.8 Å². The molecule has 3 aromatic rings. The second kappa shape index (κ2) is 11.1. The Hall–Kier alpha value is -3.65. The van der Waals surface area contributed by atoms with Gasteiger partial charge in [-0.15, -0.1) is 11.8 Å². The highest BCUT2D eigenvalue weighted by atomic mass is 32.2. The van der Waals surface area contributed by atoms with E-state index < -0.39 is 0 Å². The molecule has 0 bridgehead atoms. The number of thioether (sulfide) groups is 1. The third kappa shape index (κ3) is 5.95. The number of hydrogen-bond donors (Lipinski definition) is 2. The number of hydrogen-bond acceptors (Lipinski definition) is 6. The van der Waals surface area contributed by atoms with Gasteiger partial charge in [-0.25, -0.2) is 0 Å². The minimum absolute atomic E-state index is 0.143. The molecule has 3 aromatic carbocycles. The standard InChI is InChI=1S/C24H24N2O5S/c1-29-17-8-6-7-16(13-17)25-23(27)15-32-22-10-5-4-9-19(22)24(28)26-20-14-18(30-2)11-12-21(20)31-3/h4-14H,15H2,1-3H3,(H,25,27)(H,26,28). The summed E-state index contributed by atoms with van der Waals surface area (Å²) in [6.07, 6.45) is 0. The lowest BCUT2D eigenvalue weighted by Gasteiger charge is -2.13. The third-order valence-electron chi connectivity index (χ3n) is 4.50. The van der Waals surface area contributed by atoms with E-state index in [0.717, 1.165) is 0 Å². The zero-order valence-electron chi connectivity index (χ0n) is 18.0. The van der Waals surface area contributed by atoms with Crippen LogP contribution in [0.4, 0.5) is 11.4 Å². The van der Waals surface area contributed by atoms with Gasteiger partial charge in [-0.2, -0.15) is 0 Å². The van der Waals surface area contributed by atoms with Gasteiger partial charge < -0.3 is 24.8 Å². The molecule has 0 spiro atoms. The van der Waals surface area contributed by atoms with Gasteiger partial charge in [0.1, 0.15) is 17.2 Å². The Morgan fingerprint density at radius 2 is 1.56 bits per heavy atom. The maximum Gasteiger partial charge on any atom is 0.256 e. The predicted molar refractivity (Wildman–Crippen MR) is 126 cm³/mol. The quantitative estimate of drug-likeness (QED) is 0.458. The van der Waals surface area contributed by atoms with Crippen molar-refractivity contribution in [3.63, 3.8) is 0 Å². The van der Waals surface area contributed by atoms with Crippen molar-refractivity contribution in [3.05, 3.63) is 72.3 Å². The fraction of sp³-hybridized carbons (Fsp3) is 0.167. The van der Waals surface area contributed by atoms with Crippen molar-refractivity contribution in [3.8, 4) is 17.2 Å². The van der Waals surface area contributed by atoms with Gasteiger partial charge in [0.2, 0.25) is 5.91 Å². The molecule has 0 atom stereocenters. The SMILES string of the molecule is COc1cccc(NC(=O)CSc2ccccc2C(=O)Nc2cc(OC)ccc2OC)c1. The monoisotopic (exact) mass is 452 g/mol. The van der Waals surface area contributed by atoms with Crippen LogP contribution in [0.1, 0.15) is 10.4 Å². The van der Waals surface area contributed by atoms with Crippen molar-refractivity contribution in [2.75, 3.05) is 37.7 Å². The minimum Gasteiger partial charge on any atom is -0.497 e. The molecule has 0 aliphatic heterocycles.